The molecule has 2 rings (SSSR count). The van der Waals surface area contributed by atoms with E-state index in [1.807, 2.05) is 0 Å². The summed E-state index contributed by atoms with van der Waals surface area (Å²) in [4.78, 5) is 4.74. The SMILES string of the molecule is CN1CCN(c2ccc(COCCF)cc2)CC1. The highest BCUT2D eigenvalue weighted by molar-refractivity contribution is 5.48. The summed E-state index contributed by atoms with van der Waals surface area (Å²) >= 11 is 0. The van der Waals surface area contributed by atoms with Gasteiger partial charge in [-0.3, -0.25) is 0 Å². The van der Waals surface area contributed by atoms with Crippen molar-refractivity contribution in [3.63, 3.8) is 0 Å². The monoisotopic (exact) mass is 252 g/mol. The molecule has 1 saturated heterocycles. The highest BCUT2D eigenvalue weighted by Crippen LogP contribution is 2.17. The van der Waals surface area contributed by atoms with Gasteiger partial charge in [0.05, 0.1) is 13.2 Å². The first kappa shape index (κ1) is 13.3. The van der Waals surface area contributed by atoms with Crippen LogP contribution in [-0.2, 0) is 11.3 Å². The number of ether oxygens (including phenoxy) is 1. The molecule has 18 heavy (non-hydrogen) atoms. The largest absolute Gasteiger partial charge is 0.374 e. The lowest BCUT2D eigenvalue weighted by molar-refractivity contribution is 0.106. The molecule has 1 aromatic carbocycles. The molecule has 0 aromatic heterocycles. The van der Waals surface area contributed by atoms with Gasteiger partial charge in [-0.2, -0.15) is 0 Å². The number of nitrogens with zero attached hydrogens (tertiary/aromatic N) is 2. The number of benzene rings is 1. The highest BCUT2D eigenvalue weighted by atomic mass is 19.1. The predicted octanol–water partition coefficient (Wildman–Crippen LogP) is 1.92. The summed E-state index contributed by atoms with van der Waals surface area (Å²) in [7, 11) is 2.16. The maximum Gasteiger partial charge on any atom is 0.113 e. The molecule has 1 aliphatic heterocycles. The van der Waals surface area contributed by atoms with Crippen LogP contribution in [0.5, 0.6) is 0 Å². The van der Waals surface area contributed by atoms with Crippen molar-refractivity contribution in [1.29, 1.82) is 0 Å². The number of likely N-dealkylation sites (N-methyl/N-ethyl adjacent to an activating group) is 1. The molecule has 0 spiro atoms. The second-order valence-electron chi connectivity index (χ2n) is 4.70. The molecule has 1 fully saturated rings. The van der Waals surface area contributed by atoms with Crippen LogP contribution in [0, 0.1) is 0 Å². The van der Waals surface area contributed by atoms with E-state index in [2.05, 4.69) is 41.1 Å². The van der Waals surface area contributed by atoms with Crippen molar-refractivity contribution in [1.82, 2.24) is 4.90 Å². The molecule has 0 N–H and O–H groups in total. The van der Waals surface area contributed by atoms with Crippen LogP contribution in [0.15, 0.2) is 24.3 Å². The fourth-order valence-corrected chi connectivity index (χ4v) is 2.11. The van der Waals surface area contributed by atoms with Crippen molar-refractivity contribution in [2.24, 2.45) is 0 Å². The number of hydrogen-bond donors (Lipinski definition) is 0. The van der Waals surface area contributed by atoms with Gasteiger partial charge in [-0.1, -0.05) is 12.1 Å². The molecule has 4 heteroatoms. The molecule has 1 heterocycles. The summed E-state index contributed by atoms with van der Waals surface area (Å²) < 4.78 is 17.1. The minimum Gasteiger partial charge on any atom is -0.374 e. The molecule has 0 unspecified atom stereocenters. The van der Waals surface area contributed by atoms with Crippen molar-refractivity contribution in [3.05, 3.63) is 29.8 Å². The van der Waals surface area contributed by atoms with E-state index in [9.17, 15) is 4.39 Å². The Morgan fingerprint density at radius 2 is 1.78 bits per heavy atom. The van der Waals surface area contributed by atoms with Gasteiger partial charge in [-0.15, -0.1) is 0 Å². The lowest BCUT2D eigenvalue weighted by Crippen LogP contribution is -2.44. The van der Waals surface area contributed by atoms with Gasteiger partial charge in [0.2, 0.25) is 0 Å². The molecule has 0 amide bonds. The second kappa shape index (κ2) is 6.71. The Morgan fingerprint density at radius 1 is 1.11 bits per heavy atom. The zero-order chi connectivity index (χ0) is 12.8. The third kappa shape index (κ3) is 3.68. The molecule has 1 aromatic rings. The average Bonchev–Trinajstić information content (AvgIpc) is 2.41. The Hall–Kier alpha value is -1.13. The Kier molecular flexibility index (Phi) is 4.96. The summed E-state index contributed by atoms with van der Waals surface area (Å²) in [6.07, 6.45) is 0. The van der Waals surface area contributed by atoms with E-state index in [0.29, 0.717) is 6.61 Å². The molecule has 100 valence electrons. The van der Waals surface area contributed by atoms with Crippen molar-refractivity contribution in [2.45, 2.75) is 6.61 Å². The van der Waals surface area contributed by atoms with Crippen molar-refractivity contribution in [3.8, 4) is 0 Å². The molecule has 0 atom stereocenters. The van der Waals surface area contributed by atoms with Gasteiger partial charge in [0, 0.05) is 31.9 Å². The average molecular weight is 252 g/mol. The van der Waals surface area contributed by atoms with Crippen LogP contribution in [0.4, 0.5) is 10.1 Å². The van der Waals surface area contributed by atoms with Crippen molar-refractivity contribution in [2.75, 3.05) is 51.4 Å². The van der Waals surface area contributed by atoms with Crippen LogP contribution < -0.4 is 4.90 Å². The molecule has 1 aliphatic rings. The quantitative estimate of drug-likeness (QED) is 0.745. The Bertz CT molecular complexity index is 347. The van der Waals surface area contributed by atoms with E-state index in [4.69, 9.17) is 4.74 Å². The van der Waals surface area contributed by atoms with E-state index < -0.39 is 6.67 Å². The van der Waals surface area contributed by atoms with E-state index in [0.717, 1.165) is 31.7 Å². The smallest absolute Gasteiger partial charge is 0.113 e. The van der Waals surface area contributed by atoms with Crippen molar-refractivity contribution >= 4 is 5.69 Å². The molecular formula is C14H21FN2O. The number of piperazine rings is 1. The van der Waals surface area contributed by atoms with E-state index in [1.165, 1.54) is 5.69 Å². The van der Waals surface area contributed by atoms with Crippen molar-refractivity contribution < 1.29 is 9.13 Å². The maximum absolute atomic E-state index is 11.9. The summed E-state index contributed by atoms with van der Waals surface area (Å²) in [5.41, 5.74) is 2.36. The van der Waals surface area contributed by atoms with Crippen LogP contribution in [0.1, 0.15) is 5.56 Å². The standard InChI is InChI=1S/C14H21FN2O/c1-16-7-9-17(10-8-16)14-4-2-13(3-5-14)12-18-11-6-15/h2-5H,6-12H2,1H3. The van der Waals surface area contributed by atoms with Gasteiger partial charge < -0.3 is 14.5 Å². The first-order chi connectivity index (χ1) is 8.79. The minimum atomic E-state index is -0.417. The lowest BCUT2D eigenvalue weighted by atomic mass is 10.2. The number of anilines is 1. The zero-order valence-corrected chi connectivity index (χ0v) is 10.9. The van der Waals surface area contributed by atoms with Gasteiger partial charge in [-0.05, 0) is 24.7 Å². The Labute approximate surface area is 108 Å². The fraction of sp³-hybridized carbons (Fsp3) is 0.571. The minimum absolute atomic E-state index is 0.181. The predicted molar refractivity (Wildman–Crippen MR) is 71.8 cm³/mol. The lowest BCUT2D eigenvalue weighted by Gasteiger charge is -2.34. The second-order valence-corrected chi connectivity index (χ2v) is 4.70. The molecule has 0 aliphatic carbocycles. The zero-order valence-electron chi connectivity index (χ0n) is 10.9. The number of rotatable bonds is 5. The van der Waals surface area contributed by atoms with Gasteiger partial charge in [-0.25, -0.2) is 4.39 Å². The van der Waals surface area contributed by atoms with Crippen LogP contribution in [-0.4, -0.2) is 51.4 Å². The molecule has 0 bridgehead atoms. The first-order valence-corrected chi connectivity index (χ1v) is 6.46. The van der Waals surface area contributed by atoms with Crippen LogP contribution in [0.25, 0.3) is 0 Å². The number of hydrogen-bond acceptors (Lipinski definition) is 3. The molecule has 3 nitrogen and oxygen atoms in total. The maximum atomic E-state index is 11.9. The molecule has 0 radical (unpaired) electrons. The first-order valence-electron chi connectivity index (χ1n) is 6.46. The third-order valence-electron chi connectivity index (χ3n) is 3.29. The summed E-state index contributed by atoms with van der Waals surface area (Å²) in [5.74, 6) is 0. The fourth-order valence-electron chi connectivity index (χ4n) is 2.11. The van der Waals surface area contributed by atoms with Crippen LogP contribution in [0.3, 0.4) is 0 Å². The topological polar surface area (TPSA) is 15.7 Å². The third-order valence-corrected chi connectivity index (χ3v) is 3.29. The summed E-state index contributed by atoms with van der Waals surface area (Å²) in [6.45, 7) is 4.64. The molecule has 0 saturated carbocycles. The van der Waals surface area contributed by atoms with Gasteiger partial charge in [0.15, 0.2) is 0 Å². The van der Waals surface area contributed by atoms with E-state index in [-0.39, 0.29) is 6.61 Å². The van der Waals surface area contributed by atoms with Gasteiger partial charge >= 0.3 is 0 Å². The Balaban J connectivity index is 1.87. The molecular weight excluding hydrogens is 231 g/mol. The highest BCUT2D eigenvalue weighted by Gasteiger charge is 2.13. The van der Waals surface area contributed by atoms with Crippen LogP contribution in [0.2, 0.25) is 0 Å². The summed E-state index contributed by atoms with van der Waals surface area (Å²) in [6, 6.07) is 8.37. The number of halogens is 1. The van der Waals surface area contributed by atoms with E-state index in [1.54, 1.807) is 0 Å². The summed E-state index contributed by atoms with van der Waals surface area (Å²) in [5, 5.41) is 0. The van der Waals surface area contributed by atoms with E-state index >= 15 is 0 Å². The van der Waals surface area contributed by atoms with Gasteiger partial charge in [0.1, 0.15) is 6.67 Å². The normalized spacial score (nSPS) is 17.1. The Morgan fingerprint density at radius 3 is 2.39 bits per heavy atom. The van der Waals surface area contributed by atoms with Gasteiger partial charge in [0.25, 0.3) is 0 Å². The van der Waals surface area contributed by atoms with Crippen LogP contribution >= 0.6 is 0 Å². The number of alkyl halides is 1.